The Morgan fingerprint density at radius 2 is 1.93 bits per heavy atom. The topological polar surface area (TPSA) is 84.7 Å². The van der Waals surface area contributed by atoms with Gasteiger partial charge in [0.2, 0.25) is 5.91 Å². The Balaban J connectivity index is 1.46. The van der Waals surface area contributed by atoms with Crippen molar-refractivity contribution in [3.05, 3.63) is 66.0 Å². The van der Waals surface area contributed by atoms with Crippen LogP contribution in [0, 0.1) is 13.8 Å². The third-order valence-corrected chi connectivity index (χ3v) is 4.13. The monoisotopic (exact) mass is 364 g/mol. The SMILES string of the molecule is Cc1nc(NCCNC(=O)CCc2ccccc2)cc(-n2ccnc2C)n1. The van der Waals surface area contributed by atoms with E-state index in [9.17, 15) is 4.79 Å². The lowest BCUT2D eigenvalue weighted by Crippen LogP contribution is -2.29. The number of nitrogens with one attached hydrogen (secondary N) is 2. The minimum atomic E-state index is 0.0502. The standard InChI is InChI=1S/C20H24N6O/c1-15-24-18(14-19(25-15)26-13-12-21-16(26)2)22-10-11-23-20(27)9-8-17-6-4-3-5-7-17/h3-7,12-14H,8-11H2,1-2H3,(H,23,27)(H,22,24,25). The molecule has 2 heterocycles. The molecule has 0 bridgehead atoms. The first-order valence-electron chi connectivity index (χ1n) is 9.02. The van der Waals surface area contributed by atoms with Gasteiger partial charge in [0.1, 0.15) is 23.3 Å². The molecule has 0 radical (unpaired) electrons. The molecule has 1 aromatic carbocycles. The number of carbonyl (C=O) groups excluding carboxylic acids is 1. The van der Waals surface area contributed by atoms with E-state index in [0.29, 0.717) is 25.3 Å². The van der Waals surface area contributed by atoms with Crippen molar-refractivity contribution in [1.82, 2.24) is 24.8 Å². The predicted molar refractivity (Wildman–Crippen MR) is 105 cm³/mol. The van der Waals surface area contributed by atoms with Crippen molar-refractivity contribution in [1.29, 1.82) is 0 Å². The van der Waals surface area contributed by atoms with Crippen molar-refractivity contribution in [2.75, 3.05) is 18.4 Å². The molecule has 2 N–H and O–H groups in total. The predicted octanol–water partition coefficient (Wildman–Crippen LogP) is 2.44. The van der Waals surface area contributed by atoms with E-state index < -0.39 is 0 Å². The minimum Gasteiger partial charge on any atom is -0.368 e. The Kier molecular flexibility index (Phi) is 6.14. The number of rotatable bonds is 8. The highest BCUT2D eigenvalue weighted by Crippen LogP contribution is 2.12. The molecule has 0 aliphatic heterocycles. The molecule has 0 aliphatic carbocycles. The van der Waals surface area contributed by atoms with Crippen molar-refractivity contribution >= 4 is 11.7 Å². The molecule has 0 aliphatic rings. The van der Waals surface area contributed by atoms with E-state index in [2.05, 4.69) is 25.6 Å². The van der Waals surface area contributed by atoms with E-state index in [4.69, 9.17) is 0 Å². The zero-order chi connectivity index (χ0) is 19.1. The highest BCUT2D eigenvalue weighted by molar-refractivity contribution is 5.76. The summed E-state index contributed by atoms with van der Waals surface area (Å²) < 4.78 is 1.91. The quantitative estimate of drug-likeness (QED) is 0.600. The normalized spacial score (nSPS) is 10.6. The van der Waals surface area contributed by atoms with Gasteiger partial charge in [-0.25, -0.2) is 15.0 Å². The molecule has 140 valence electrons. The van der Waals surface area contributed by atoms with E-state index >= 15 is 0 Å². The molecule has 7 heteroatoms. The van der Waals surface area contributed by atoms with E-state index in [1.165, 1.54) is 5.56 Å². The smallest absolute Gasteiger partial charge is 0.220 e. The van der Waals surface area contributed by atoms with Gasteiger partial charge in [-0.05, 0) is 25.8 Å². The molecule has 2 aromatic heterocycles. The molecule has 7 nitrogen and oxygen atoms in total. The first-order chi connectivity index (χ1) is 13.1. The second-order valence-electron chi connectivity index (χ2n) is 6.27. The fourth-order valence-electron chi connectivity index (χ4n) is 2.77. The van der Waals surface area contributed by atoms with Gasteiger partial charge >= 0.3 is 0 Å². The summed E-state index contributed by atoms with van der Waals surface area (Å²) in [6.07, 6.45) is 4.85. The van der Waals surface area contributed by atoms with Crippen LogP contribution in [0.3, 0.4) is 0 Å². The lowest BCUT2D eigenvalue weighted by atomic mass is 10.1. The third kappa shape index (κ3) is 5.37. The summed E-state index contributed by atoms with van der Waals surface area (Å²) in [5.41, 5.74) is 1.17. The van der Waals surface area contributed by atoms with E-state index in [-0.39, 0.29) is 5.91 Å². The summed E-state index contributed by atoms with van der Waals surface area (Å²) in [5, 5.41) is 6.17. The van der Waals surface area contributed by atoms with Crippen molar-refractivity contribution in [3.63, 3.8) is 0 Å². The molecule has 3 rings (SSSR count). The second-order valence-corrected chi connectivity index (χ2v) is 6.27. The van der Waals surface area contributed by atoms with Crippen LogP contribution < -0.4 is 10.6 Å². The third-order valence-electron chi connectivity index (χ3n) is 4.13. The van der Waals surface area contributed by atoms with Crippen LogP contribution >= 0.6 is 0 Å². The number of nitrogens with zero attached hydrogens (tertiary/aromatic N) is 4. The highest BCUT2D eigenvalue weighted by Gasteiger charge is 2.06. The number of imidazole rings is 1. The average molecular weight is 364 g/mol. The number of hydrogen-bond acceptors (Lipinski definition) is 5. The lowest BCUT2D eigenvalue weighted by molar-refractivity contribution is -0.120. The zero-order valence-corrected chi connectivity index (χ0v) is 15.6. The van der Waals surface area contributed by atoms with Crippen molar-refractivity contribution in [2.24, 2.45) is 0 Å². The van der Waals surface area contributed by atoms with E-state index in [1.54, 1.807) is 6.20 Å². The van der Waals surface area contributed by atoms with Crippen LogP contribution in [0.25, 0.3) is 5.82 Å². The van der Waals surface area contributed by atoms with Crippen LogP contribution in [-0.2, 0) is 11.2 Å². The Bertz CT molecular complexity index is 890. The van der Waals surface area contributed by atoms with Gasteiger partial charge in [-0.3, -0.25) is 9.36 Å². The number of carbonyl (C=O) groups is 1. The number of aromatic nitrogens is 4. The van der Waals surface area contributed by atoms with Gasteiger partial charge in [0, 0.05) is 38.0 Å². The molecular formula is C20H24N6O. The molecule has 0 fully saturated rings. The average Bonchev–Trinajstić information content (AvgIpc) is 3.10. The number of hydrogen-bond donors (Lipinski definition) is 2. The fourth-order valence-corrected chi connectivity index (χ4v) is 2.77. The van der Waals surface area contributed by atoms with Crippen LogP contribution in [0.4, 0.5) is 5.82 Å². The van der Waals surface area contributed by atoms with Gasteiger partial charge in [0.25, 0.3) is 0 Å². The first-order valence-corrected chi connectivity index (χ1v) is 9.02. The molecule has 27 heavy (non-hydrogen) atoms. The summed E-state index contributed by atoms with van der Waals surface area (Å²) in [6.45, 7) is 4.91. The summed E-state index contributed by atoms with van der Waals surface area (Å²) >= 11 is 0. The summed E-state index contributed by atoms with van der Waals surface area (Å²) in [6, 6.07) is 11.9. The Hall–Kier alpha value is -3.22. The largest absolute Gasteiger partial charge is 0.368 e. The van der Waals surface area contributed by atoms with Gasteiger partial charge in [-0.1, -0.05) is 30.3 Å². The van der Waals surface area contributed by atoms with Crippen LogP contribution in [0.5, 0.6) is 0 Å². The fraction of sp³-hybridized carbons (Fsp3) is 0.300. The van der Waals surface area contributed by atoms with Crippen LogP contribution in [-0.4, -0.2) is 38.5 Å². The van der Waals surface area contributed by atoms with Crippen molar-refractivity contribution < 1.29 is 4.79 Å². The van der Waals surface area contributed by atoms with Gasteiger partial charge in [-0.2, -0.15) is 0 Å². The van der Waals surface area contributed by atoms with Crippen LogP contribution in [0.1, 0.15) is 23.6 Å². The molecule has 0 unspecified atom stereocenters. The van der Waals surface area contributed by atoms with Gasteiger partial charge in [0.05, 0.1) is 0 Å². The summed E-state index contributed by atoms with van der Waals surface area (Å²) in [7, 11) is 0. The molecule has 3 aromatic rings. The first kappa shape index (κ1) is 18.6. The van der Waals surface area contributed by atoms with Gasteiger partial charge in [-0.15, -0.1) is 0 Å². The second kappa shape index (κ2) is 8.93. The number of benzene rings is 1. The van der Waals surface area contributed by atoms with Crippen molar-refractivity contribution in [3.8, 4) is 5.82 Å². The maximum Gasteiger partial charge on any atom is 0.220 e. The number of anilines is 1. The number of aryl methyl sites for hydroxylation is 3. The Labute approximate surface area is 158 Å². The maximum absolute atomic E-state index is 12.0. The highest BCUT2D eigenvalue weighted by atomic mass is 16.1. The van der Waals surface area contributed by atoms with Crippen LogP contribution in [0.15, 0.2) is 48.8 Å². The lowest BCUT2D eigenvalue weighted by Gasteiger charge is -2.10. The Morgan fingerprint density at radius 1 is 1.11 bits per heavy atom. The molecule has 1 amide bonds. The molecule has 0 saturated carbocycles. The molecular weight excluding hydrogens is 340 g/mol. The molecule has 0 saturated heterocycles. The van der Waals surface area contributed by atoms with Gasteiger partial charge < -0.3 is 10.6 Å². The molecule has 0 spiro atoms. The molecule has 0 atom stereocenters. The Morgan fingerprint density at radius 3 is 2.67 bits per heavy atom. The maximum atomic E-state index is 12.0. The minimum absolute atomic E-state index is 0.0502. The van der Waals surface area contributed by atoms with E-state index in [1.807, 2.05) is 61.0 Å². The van der Waals surface area contributed by atoms with Gasteiger partial charge in [0.15, 0.2) is 0 Å². The summed E-state index contributed by atoms with van der Waals surface area (Å²) in [4.78, 5) is 25.0. The summed E-state index contributed by atoms with van der Waals surface area (Å²) in [5.74, 6) is 3.09. The zero-order valence-electron chi connectivity index (χ0n) is 15.6. The van der Waals surface area contributed by atoms with Crippen molar-refractivity contribution in [2.45, 2.75) is 26.7 Å². The van der Waals surface area contributed by atoms with E-state index in [0.717, 1.165) is 23.9 Å². The van der Waals surface area contributed by atoms with Crippen LogP contribution in [0.2, 0.25) is 0 Å². The number of amides is 1.